The van der Waals surface area contributed by atoms with E-state index in [4.69, 9.17) is 0 Å². The lowest BCUT2D eigenvalue weighted by molar-refractivity contribution is 0.0668. The third-order valence-electron chi connectivity index (χ3n) is 4.27. The van der Waals surface area contributed by atoms with Gasteiger partial charge in [0.25, 0.3) is 0 Å². The van der Waals surface area contributed by atoms with Crippen molar-refractivity contribution in [2.45, 2.75) is 45.6 Å². The molecule has 1 N–H and O–H groups in total. The van der Waals surface area contributed by atoms with Gasteiger partial charge in [0.1, 0.15) is 0 Å². The van der Waals surface area contributed by atoms with E-state index in [-0.39, 0.29) is 11.3 Å². The van der Waals surface area contributed by atoms with Gasteiger partial charge in [-0.25, -0.2) is 8.78 Å². The van der Waals surface area contributed by atoms with Crippen LogP contribution in [0.2, 0.25) is 0 Å². The van der Waals surface area contributed by atoms with Gasteiger partial charge >= 0.3 is 0 Å². The Hall–Kier alpha value is -0.960. The summed E-state index contributed by atoms with van der Waals surface area (Å²) < 4.78 is 27.1. The van der Waals surface area contributed by atoms with E-state index in [0.29, 0.717) is 11.6 Å². The molecule has 1 fully saturated rings. The van der Waals surface area contributed by atoms with Crippen molar-refractivity contribution >= 4 is 0 Å². The molecule has 0 aliphatic heterocycles. The van der Waals surface area contributed by atoms with Gasteiger partial charge in [0.05, 0.1) is 0 Å². The predicted octanol–water partition coefficient (Wildman–Crippen LogP) is 3.85. The molecule has 0 radical (unpaired) electrons. The first-order valence-electron chi connectivity index (χ1n) is 6.65. The third kappa shape index (κ3) is 2.16. The molecule has 2 atom stereocenters. The maximum Gasteiger partial charge on any atom is 0.162 e. The van der Waals surface area contributed by atoms with Gasteiger partial charge in [-0.3, -0.25) is 0 Å². The molecular formula is C15H21F2N. The normalized spacial score (nSPS) is 25.8. The summed E-state index contributed by atoms with van der Waals surface area (Å²) in [6, 6.07) is 4.87. The molecule has 18 heavy (non-hydrogen) atoms. The first kappa shape index (κ1) is 13.5. The molecule has 3 heteroatoms. The van der Waals surface area contributed by atoms with E-state index in [2.05, 4.69) is 26.1 Å². The number of benzene rings is 1. The van der Waals surface area contributed by atoms with Crippen LogP contribution in [0.25, 0.3) is 0 Å². The highest BCUT2D eigenvalue weighted by molar-refractivity contribution is 5.29. The molecule has 2 unspecified atom stereocenters. The van der Waals surface area contributed by atoms with Gasteiger partial charge in [0, 0.05) is 6.04 Å². The minimum Gasteiger partial charge on any atom is -0.313 e. The highest BCUT2D eigenvalue weighted by Crippen LogP contribution is 2.53. The SMILES string of the molecule is CCCNC1CC(c2cccc(F)c2F)C1(C)C. The van der Waals surface area contributed by atoms with Gasteiger partial charge in [0.2, 0.25) is 0 Å². The molecular weight excluding hydrogens is 232 g/mol. The highest BCUT2D eigenvalue weighted by Gasteiger charge is 2.49. The molecule has 0 aromatic heterocycles. The number of hydrogen-bond donors (Lipinski definition) is 1. The van der Waals surface area contributed by atoms with Crippen LogP contribution in [0, 0.1) is 17.0 Å². The highest BCUT2D eigenvalue weighted by atomic mass is 19.2. The molecule has 0 bridgehead atoms. The number of halogens is 2. The van der Waals surface area contributed by atoms with Crippen molar-refractivity contribution in [2.24, 2.45) is 5.41 Å². The molecule has 0 amide bonds. The Labute approximate surface area is 108 Å². The van der Waals surface area contributed by atoms with Gasteiger partial charge < -0.3 is 5.32 Å². The molecule has 1 aromatic carbocycles. The van der Waals surface area contributed by atoms with E-state index >= 15 is 0 Å². The standard InChI is InChI=1S/C15H21F2N/c1-4-8-18-13-9-11(15(13,2)3)10-6-5-7-12(16)14(10)17/h5-7,11,13,18H,4,8-9H2,1-3H3. The van der Waals surface area contributed by atoms with Gasteiger partial charge in [-0.05, 0) is 42.3 Å². The fourth-order valence-electron chi connectivity index (χ4n) is 2.91. The first-order valence-corrected chi connectivity index (χ1v) is 6.65. The van der Waals surface area contributed by atoms with Crippen LogP contribution in [0.1, 0.15) is 45.1 Å². The summed E-state index contributed by atoms with van der Waals surface area (Å²) in [6.45, 7) is 7.35. The second kappa shape index (κ2) is 4.96. The second-order valence-corrected chi connectivity index (χ2v) is 5.76. The number of nitrogens with one attached hydrogen (secondary N) is 1. The molecule has 0 spiro atoms. The van der Waals surface area contributed by atoms with E-state index in [9.17, 15) is 8.78 Å². The Morgan fingerprint density at radius 1 is 1.33 bits per heavy atom. The van der Waals surface area contributed by atoms with Crippen molar-refractivity contribution < 1.29 is 8.78 Å². The monoisotopic (exact) mass is 253 g/mol. The van der Waals surface area contributed by atoms with Crippen LogP contribution >= 0.6 is 0 Å². The van der Waals surface area contributed by atoms with Gasteiger partial charge in [-0.15, -0.1) is 0 Å². The quantitative estimate of drug-likeness (QED) is 0.859. The van der Waals surface area contributed by atoms with Gasteiger partial charge in [-0.2, -0.15) is 0 Å². The Morgan fingerprint density at radius 2 is 2.06 bits per heavy atom. The maximum atomic E-state index is 13.8. The largest absolute Gasteiger partial charge is 0.313 e. The van der Waals surface area contributed by atoms with Crippen molar-refractivity contribution in [3.8, 4) is 0 Å². The van der Waals surface area contributed by atoms with Crippen molar-refractivity contribution in [3.05, 3.63) is 35.4 Å². The summed E-state index contributed by atoms with van der Waals surface area (Å²) in [5.41, 5.74) is 0.499. The van der Waals surface area contributed by atoms with E-state index in [1.165, 1.54) is 6.07 Å². The Morgan fingerprint density at radius 3 is 2.67 bits per heavy atom. The lowest BCUT2D eigenvalue weighted by Gasteiger charge is -2.53. The Bertz CT molecular complexity index is 429. The smallest absolute Gasteiger partial charge is 0.162 e. The molecule has 0 saturated heterocycles. The van der Waals surface area contributed by atoms with Crippen LogP contribution in [-0.2, 0) is 0 Å². The molecule has 1 saturated carbocycles. The Kier molecular flexibility index (Phi) is 3.71. The fraction of sp³-hybridized carbons (Fsp3) is 0.600. The average Bonchev–Trinajstić information content (AvgIpc) is 2.33. The van der Waals surface area contributed by atoms with E-state index < -0.39 is 11.6 Å². The van der Waals surface area contributed by atoms with Gasteiger partial charge in [-0.1, -0.05) is 32.9 Å². The van der Waals surface area contributed by atoms with Crippen LogP contribution in [-0.4, -0.2) is 12.6 Å². The zero-order valence-corrected chi connectivity index (χ0v) is 11.3. The van der Waals surface area contributed by atoms with Crippen molar-refractivity contribution in [1.82, 2.24) is 5.32 Å². The van der Waals surface area contributed by atoms with E-state index in [1.807, 2.05) is 0 Å². The number of hydrogen-bond acceptors (Lipinski definition) is 1. The second-order valence-electron chi connectivity index (χ2n) is 5.76. The first-order chi connectivity index (χ1) is 8.48. The van der Waals surface area contributed by atoms with E-state index in [0.717, 1.165) is 19.4 Å². The van der Waals surface area contributed by atoms with Gasteiger partial charge in [0.15, 0.2) is 11.6 Å². The molecule has 1 aromatic rings. The fourth-order valence-corrected chi connectivity index (χ4v) is 2.91. The molecule has 1 nitrogen and oxygen atoms in total. The molecule has 100 valence electrons. The molecule has 2 rings (SSSR count). The summed E-state index contributed by atoms with van der Waals surface area (Å²) in [5, 5.41) is 3.48. The topological polar surface area (TPSA) is 12.0 Å². The van der Waals surface area contributed by atoms with E-state index in [1.54, 1.807) is 12.1 Å². The molecule has 1 aliphatic rings. The summed E-state index contributed by atoms with van der Waals surface area (Å²) in [5.74, 6) is -1.32. The van der Waals surface area contributed by atoms with Crippen LogP contribution in [0.4, 0.5) is 8.78 Å². The zero-order chi connectivity index (χ0) is 13.3. The zero-order valence-electron chi connectivity index (χ0n) is 11.3. The maximum absolute atomic E-state index is 13.8. The average molecular weight is 253 g/mol. The molecule has 0 heterocycles. The van der Waals surface area contributed by atoms with Crippen molar-refractivity contribution in [3.63, 3.8) is 0 Å². The summed E-state index contributed by atoms with van der Waals surface area (Å²) in [7, 11) is 0. The molecule has 1 aliphatic carbocycles. The van der Waals surface area contributed by atoms with Crippen molar-refractivity contribution in [2.75, 3.05) is 6.54 Å². The lowest BCUT2D eigenvalue weighted by atomic mass is 9.56. The lowest BCUT2D eigenvalue weighted by Crippen LogP contribution is -2.55. The Balaban J connectivity index is 2.15. The van der Waals surface area contributed by atoms with Crippen LogP contribution in [0.5, 0.6) is 0 Å². The third-order valence-corrected chi connectivity index (χ3v) is 4.27. The summed E-state index contributed by atoms with van der Waals surface area (Å²) >= 11 is 0. The van der Waals surface area contributed by atoms with Crippen LogP contribution in [0.15, 0.2) is 18.2 Å². The minimum atomic E-state index is -0.742. The minimum absolute atomic E-state index is 0.0240. The summed E-state index contributed by atoms with van der Waals surface area (Å²) in [4.78, 5) is 0. The summed E-state index contributed by atoms with van der Waals surface area (Å²) in [6.07, 6.45) is 1.97. The van der Waals surface area contributed by atoms with Crippen LogP contribution < -0.4 is 5.32 Å². The van der Waals surface area contributed by atoms with Crippen LogP contribution in [0.3, 0.4) is 0 Å². The van der Waals surface area contributed by atoms with Crippen molar-refractivity contribution in [1.29, 1.82) is 0 Å². The predicted molar refractivity (Wildman–Crippen MR) is 69.6 cm³/mol. The number of rotatable bonds is 4.